The molecule has 2 rings (SSSR count). The summed E-state index contributed by atoms with van der Waals surface area (Å²) in [5, 5.41) is 22.5. The monoisotopic (exact) mass is 348 g/mol. The van der Waals surface area contributed by atoms with Gasteiger partial charge in [0, 0.05) is 12.1 Å². The molecule has 2 unspecified atom stereocenters. The molecular formula is C18H21FN2O4. The van der Waals surface area contributed by atoms with Gasteiger partial charge < -0.3 is 26.0 Å². The first-order chi connectivity index (χ1) is 12.0. The second-order valence-electron chi connectivity index (χ2n) is 5.53. The Kier molecular flexibility index (Phi) is 6.73. The number of carbonyl (C=O) groups excluding carboxylic acids is 1. The van der Waals surface area contributed by atoms with Gasteiger partial charge in [-0.3, -0.25) is 0 Å². The maximum atomic E-state index is 13.4. The van der Waals surface area contributed by atoms with Gasteiger partial charge in [-0.25, -0.2) is 9.18 Å². The fourth-order valence-corrected chi connectivity index (χ4v) is 2.27. The molecule has 25 heavy (non-hydrogen) atoms. The summed E-state index contributed by atoms with van der Waals surface area (Å²) < 4.78 is 18.4. The molecule has 0 saturated heterocycles. The van der Waals surface area contributed by atoms with Crippen LogP contribution in [0.2, 0.25) is 0 Å². The van der Waals surface area contributed by atoms with Gasteiger partial charge in [0.25, 0.3) is 0 Å². The molecule has 2 atom stereocenters. The predicted molar refractivity (Wildman–Crippen MR) is 91.0 cm³/mol. The fraction of sp³-hybridized carbons (Fsp3) is 0.278. The first-order valence-corrected chi connectivity index (χ1v) is 7.83. The Labute approximate surface area is 145 Å². The molecule has 2 aromatic rings. The van der Waals surface area contributed by atoms with E-state index in [9.17, 15) is 19.4 Å². The van der Waals surface area contributed by atoms with E-state index in [-0.39, 0.29) is 30.8 Å². The summed E-state index contributed by atoms with van der Waals surface area (Å²) >= 11 is 0. The lowest BCUT2D eigenvalue weighted by Gasteiger charge is -2.20. The molecule has 6 nitrogen and oxygen atoms in total. The lowest BCUT2D eigenvalue weighted by atomic mass is 10.0. The van der Waals surface area contributed by atoms with Crippen molar-refractivity contribution < 1.29 is 24.1 Å². The molecule has 1 amide bonds. The van der Waals surface area contributed by atoms with Crippen molar-refractivity contribution in [3.05, 3.63) is 65.5 Å². The number of nitrogens with one attached hydrogen (secondary N) is 1. The summed E-state index contributed by atoms with van der Waals surface area (Å²) in [6.07, 6.45) is -3.13. The molecule has 0 aromatic heterocycles. The second kappa shape index (κ2) is 9.00. The number of aliphatic hydroxyl groups is 2. The van der Waals surface area contributed by atoms with Gasteiger partial charge in [-0.2, -0.15) is 0 Å². The highest BCUT2D eigenvalue weighted by Gasteiger charge is 2.21. The molecular weight excluding hydrogens is 327 g/mol. The minimum Gasteiger partial charge on any atom is -0.445 e. The summed E-state index contributed by atoms with van der Waals surface area (Å²) in [6, 6.07) is 13.2. The molecule has 0 heterocycles. The number of aliphatic hydroxyl groups excluding tert-OH is 2. The standard InChI is InChI=1S/C18H21FN2O4/c19-14-8-4-7-13(16(14)20)17(23)15(22)9-10-21-18(24)25-11-12-5-2-1-3-6-12/h1-8,15,17,22-23H,9-11,20H2,(H,21,24). The first-order valence-electron chi connectivity index (χ1n) is 7.83. The number of carbonyl (C=O) groups is 1. The van der Waals surface area contributed by atoms with Gasteiger partial charge in [-0.05, 0) is 18.1 Å². The van der Waals surface area contributed by atoms with E-state index >= 15 is 0 Å². The zero-order valence-corrected chi connectivity index (χ0v) is 13.6. The highest BCUT2D eigenvalue weighted by Crippen LogP contribution is 2.26. The van der Waals surface area contributed by atoms with Crippen LogP contribution in [0.25, 0.3) is 0 Å². The van der Waals surface area contributed by atoms with Gasteiger partial charge in [0.05, 0.1) is 11.8 Å². The van der Waals surface area contributed by atoms with Gasteiger partial charge in [-0.15, -0.1) is 0 Å². The van der Waals surface area contributed by atoms with E-state index in [1.807, 2.05) is 30.3 Å². The number of nitrogens with two attached hydrogens (primary N) is 1. The van der Waals surface area contributed by atoms with Crippen molar-refractivity contribution in [2.24, 2.45) is 0 Å². The third kappa shape index (κ3) is 5.44. The van der Waals surface area contributed by atoms with Gasteiger partial charge in [0.1, 0.15) is 18.5 Å². The molecule has 0 radical (unpaired) electrons. The van der Waals surface area contributed by atoms with Crippen molar-refractivity contribution in [1.82, 2.24) is 5.32 Å². The molecule has 0 aliphatic carbocycles. The fourth-order valence-electron chi connectivity index (χ4n) is 2.27. The van der Waals surface area contributed by atoms with Crippen LogP contribution in [0, 0.1) is 5.82 Å². The highest BCUT2D eigenvalue weighted by atomic mass is 19.1. The molecule has 2 aromatic carbocycles. The van der Waals surface area contributed by atoms with Crippen LogP contribution in [0.3, 0.4) is 0 Å². The number of alkyl carbamates (subject to hydrolysis) is 1. The van der Waals surface area contributed by atoms with E-state index in [4.69, 9.17) is 10.5 Å². The summed E-state index contributed by atoms with van der Waals surface area (Å²) in [6.45, 7) is 0.221. The minimum absolute atomic E-state index is 0.0531. The van der Waals surface area contributed by atoms with E-state index < -0.39 is 24.1 Å². The molecule has 0 saturated carbocycles. The third-order valence-corrected chi connectivity index (χ3v) is 3.69. The number of rotatable bonds is 7. The Morgan fingerprint density at radius 3 is 2.60 bits per heavy atom. The molecule has 0 bridgehead atoms. The summed E-state index contributed by atoms with van der Waals surface area (Å²) in [4.78, 5) is 11.6. The number of anilines is 1. The van der Waals surface area contributed by atoms with Crippen molar-refractivity contribution in [1.29, 1.82) is 0 Å². The maximum Gasteiger partial charge on any atom is 0.407 e. The van der Waals surface area contributed by atoms with E-state index in [0.717, 1.165) is 5.56 Å². The van der Waals surface area contributed by atoms with Crippen LogP contribution >= 0.6 is 0 Å². The summed E-state index contributed by atoms with van der Waals surface area (Å²) in [7, 11) is 0. The molecule has 0 aliphatic heterocycles. The number of para-hydroxylation sites is 1. The van der Waals surface area contributed by atoms with E-state index in [2.05, 4.69) is 5.32 Å². The Hall–Kier alpha value is -2.64. The Morgan fingerprint density at radius 2 is 1.88 bits per heavy atom. The number of halogens is 1. The maximum absolute atomic E-state index is 13.4. The normalized spacial score (nSPS) is 13.1. The van der Waals surface area contributed by atoms with Crippen LogP contribution < -0.4 is 11.1 Å². The highest BCUT2D eigenvalue weighted by molar-refractivity contribution is 5.67. The zero-order valence-electron chi connectivity index (χ0n) is 13.6. The topological polar surface area (TPSA) is 105 Å². The minimum atomic E-state index is -1.35. The molecule has 134 valence electrons. The van der Waals surface area contributed by atoms with E-state index in [0.29, 0.717) is 0 Å². The van der Waals surface area contributed by atoms with Crippen LogP contribution in [0.5, 0.6) is 0 Å². The van der Waals surface area contributed by atoms with Crippen molar-refractivity contribution in [3.63, 3.8) is 0 Å². The third-order valence-electron chi connectivity index (χ3n) is 3.69. The quantitative estimate of drug-likeness (QED) is 0.574. The Bertz CT molecular complexity index is 697. The van der Waals surface area contributed by atoms with Crippen molar-refractivity contribution in [2.75, 3.05) is 12.3 Å². The van der Waals surface area contributed by atoms with Crippen LogP contribution in [0.15, 0.2) is 48.5 Å². The van der Waals surface area contributed by atoms with Crippen molar-refractivity contribution in [2.45, 2.75) is 25.2 Å². The molecule has 7 heteroatoms. The number of nitrogen functional groups attached to an aromatic ring is 1. The number of hydrogen-bond acceptors (Lipinski definition) is 5. The SMILES string of the molecule is Nc1c(F)cccc1C(O)C(O)CCNC(=O)OCc1ccccc1. The largest absolute Gasteiger partial charge is 0.445 e. The lowest BCUT2D eigenvalue weighted by Crippen LogP contribution is -2.30. The van der Waals surface area contributed by atoms with Crippen molar-refractivity contribution in [3.8, 4) is 0 Å². The molecule has 0 fully saturated rings. The Morgan fingerprint density at radius 1 is 1.16 bits per heavy atom. The predicted octanol–water partition coefficient (Wildman–Crippen LogP) is 2.12. The molecule has 5 N–H and O–H groups in total. The van der Waals surface area contributed by atoms with Crippen LogP contribution in [0.4, 0.5) is 14.9 Å². The summed E-state index contributed by atoms with van der Waals surface area (Å²) in [5.41, 5.74) is 6.32. The Balaban J connectivity index is 1.75. The number of amides is 1. The van der Waals surface area contributed by atoms with Gasteiger partial charge >= 0.3 is 6.09 Å². The average Bonchev–Trinajstić information content (AvgIpc) is 2.62. The van der Waals surface area contributed by atoms with Gasteiger partial charge in [0.15, 0.2) is 0 Å². The molecule has 0 aliphatic rings. The second-order valence-corrected chi connectivity index (χ2v) is 5.53. The van der Waals surface area contributed by atoms with Crippen LogP contribution in [-0.2, 0) is 11.3 Å². The smallest absolute Gasteiger partial charge is 0.407 e. The number of ether oxygens (including phenoxy) is 1. The van der Waals surface area contributed by atoms with Gasteiger partial charge in [-0.1, -0.05) is 42.5 Å². The van der Waals surface area contributed by atoms with Crippen LogP contribution in [-0.4, -0.2) is 29.0 Å². The number of benzene rings is 2. The van der Waals surface area contributed by atoms with Gasteiger partial charge in [0.2, 0.25) is 0 Å². The zero-order chi connectivity index (χ0) is 18.2. The van der Waals surface area contributed by atoms with E-state index in [1.165, 1.54) is 18.2 Å². The number of hydrogen-bond donors (Lipinski definition) is 4. The average molecular weight is 348 g/mol. The molecule has 0 spiro atoms. The van der Waals surface area contributed by atoms with E-state index in [1.54, 1.807) is 0 Å². The lowest BCUT2D eigenvalue weighted by molar-refractivity contribution is 0.0139. The summed E-state index contributed by atoms with van der Waals surface area (Å²) in [5.74, 6) is -0.661. The van der Waals surface area contributed by atoms with Crippen LogP contribution in [0.1, 0.15) is 23.7 Å². The first kappa shape index (κ1) is 18.7. The van der Waals surface area contributed by atoms with Crippen molar-refractivity contribution >= 4 is 11.8 Å².